The Bertz CT molecular complexity index is 817. The Kier molecular flexibility index (Phi) is 5.07. The molecule has 1 aromatic carbocycles. The minimum atomic E-state index is -2.20. The Morgan fingerprint density at radius 3 is 2.32 bits per heavy atom. The normalized spacial score (nSPS) is 10.4. The van der Waals surface area contributed by atoms with Crippen molar-refractivity contribution >= 4 is 23.7 Å². The molecule has 0 saturated carbocycles. The van der Waals surface area contributed by atoms with Gasteiger partial charge in [-0.05, 0) is 10.5 Å². The Morgan fingerprint density at radius 1 is 1.20 bits per heavy atom. The van der Waals surface area contributed by atoms with Crippen LogP contribution in [0.2, 0.25) is 0 Å². The molecule has 0 aliphatic heterocycles. The lowest BCUT2D eigenvalue weighted by Gasteiger charge is -2.09. The van der Waals surface area contributed by atoms with E-state index >= 15 is 0 Å². The van der Waals surface area contributed by atoms with E-state index in [0.29, 0.717) is 5.56 Å². The van der Waals surface area contributed by atoms with Crippen molar-refractivity contribution in [3.63, 3.8) is 0 Å². The van der Waals surface area contributed by atoms with Gasteiger partial charge in [-0.15, -0.1) is 0 Å². The molecule has 130 valence electrons. The Labute approximate surface area is 139 Å². The van der Waals surface area contributed by atoms with Gasteiger partial charge in [0.1, 0.15) is 12.7 Å². The number of hydrogen-bond acceptors (Lipinski definition) is 6. The highest BCUT2D eigenvalue weighted by Crippen LogP contribution is 2.17. The highest BCUT2D eigenvalue weighted by molar-refractivity contribution is 6.03. The zero-order chi connectivity index (χ0) is 18.6. The van der Waals surface area contributed by atoms with Crippen molar-refractivity contribution < 1.29 is 29.5 Å². The lowest BCUT2D eigenvalue weighted by molar-refractivity contribution is -0.392. The van der Waals surface area contributed by atoms with Crippen LogP contribution in [0.1, 0.15) is 16.2 Å². The van der Waals surface area contributed by atoms with Crippen molar-refractivity contribution in [1.29, 1.82) is 0 Å². The second-order valence-corrected chi connectivity index (χ2v) is 4.85. The number of carbonyl (C=O) groups excluding carboxylic acids is 1. The molecule has 0 radical (unpaired) electrons. The van der Waals surface area contributed by atoms with E-state index in [1.807, 2.05) is 0 Å². The molecule has 1 aromatic heterocycles. The van der Waals surface area contributed by atoms with Crippen LogP contribution in [-0.2, 0) is 16.1 Å². The van der Waals surface area contributed by atoms with Crippen molar-refractivity contribution in [3.8, 4) is 0 Å². The predicted molar refractivity (Wildman–Crippen MR) is 81.0 cm³/mol. The topological polar surface area (TPSA) is 165 Å². The van der Waals surface area contributed by atoms with Crippen LogP contribution in [0.15, 0.2) is 36.5 Å². The van der Waals surface area contributed by atoms with Crippen molar-refractivity contribution in [2.75, 3.05) is 0 Å². The number of aromatic nitrogens is 2. The van der Waals surface area contributed by atoms with E-state index in [0.717, 1.165) is 10.8 Å². The molecule has 3 N–H and O–H groups in total. The molecule has 0 saturated heterocycles. The second kappa shape index (κ2) is 7.21. The minimum absolute atomic E-state index is 0.0787. The number of hydrogen-bond donors (Lipinski definition) is 3. The van der Waals surface area contributed by atoms with E-state index < -0.39 is 40.5 Å². The summed E-state index contributed by atoms with van der Waals surface area (Å²) in [5.74, 6) is -5.67. The van der Waals surface area contributed by atoms with Crippen LogP contribution >= 0.6 is 0 Å². The van der Waals surface area contributed by atoms with Gasteiger partial charge in [0.2, 0.25) is 6.04 Å². The summed E-state index contributed by atoms with van der Waals surface area (Å²) in [4.78, 5) is 47.9. The molecule has 0 spiro atoms. The summed E-state index contributed by atoms with van der Waals surface area (Å²) in [6.45, 7) is -0.0787. The van der Waals surface area contributed by atoms with Crippen LogP contribution in [0.3, 0.4) is 0 Å². The van der Waals surface area contributed by atoms with Gasteiger partial charge in [0.25, 0.3) is 5.82 Å². The third-order valence-electron chi connectivity index (χ3n) is 3.18. The van der Waals surface area contributed by atoms with Gasteiger partial charge in [-0.1, -0.05) is 30.3 Å². The molecular formula is C14H12N4O7. The Hall–Kier alpha value is -3.76. The van der Waals surface area contributed by atoms with Crippen LogP contribution in [0.4, 0.5) is 5.82 Å². The van der Waals surface area contributed by atoms with Gasteiger partial charge in [-0.2, -0.15) is 4.57 Å². The first-order valence-corrected chi connectivity index (χ1v) is 6.81. The second-order valence-electron chi connectivity index (χ2n) is 4.85. The van der Waals surface area contributed by atoms with Crippen LogP contribution < -0.4 is 5.32 Å². The van der Waals surface area contributed by atoms with Crippen molar-refractivity contribution in [2.24, 2.45) is 0 Å². The molecule has 1 heterocycles. The summed E-state index contributed by atoms with van der Waals surface area (Å²) in [5, 5.41) is 30.5. The first kappa shape index (κ1) is 17.6. The quantitative estimate of drug-likeness (QED) is 0.360. The van der Waals surface area contributed by atoms with Gasteiger partial charge in [0.05, 0.1) is 0 Å². The third kappa shape index (κ3) is 3.96. The first-order valence-electron chi connectivity index (χ1n) is 6.81. The highest BCUT2D eigenvalue weighted by atomic mass is 16.6. The average Bonchev–Trinajstić information content (AvgIpc) is 2.96. The largest absolute Gasteiger partial charge is 0.479 e. The third-order valence-corrected chi connectivity index (χ3v) is 3.18. The van der Waals surface area contributed by atoms with Crippen molar-refractivity contribution in [1.82, 2.24) is 14.9 Å². The molecule has 25 heavy (non-hydrogen) atoms. The molecule has 0 unspecified atom stereocenters. The highest BCUT2D eigenvalue weighted by Gasteiger charge is 2.32. The van der Waals surface area contributed by atoms with Crippen LogP contribution in [0, 0.1) is 10.1 Å². The van der Waals surface area contributed by atoms with E-state index in [4.69, 9.17) is 10.2 Å². The van der Waals surface area contributed by atoms with Crippen molar-refractivity contribution in [2.45, 2.75) is 12.6 Å². The maximum Gasteiger partial charge on any atom is 0.343 e. The van der Waals surface area contributed by atoms with E-state index in [1.54, 1.807) is 35.6 Å². The Morgan fingerprint density at radius 2 is 1.80 bits per heavy atom. The number of carbonyl (C=O) groups is 3. The van der Waals surface area contributed by atoms with E-state index in [9.17, 15) is 24.5 Å². The van der Waals surface area contributed by atoms with Crippen LogP contribution in [0.5, 0.6) is 0 Å². The van der Waals surface area contributed by atoms with Crippen LogP contribution in [0.25, 0.3) is 0 Å². The fourth-order valence-electron chi connectivity index (χ4n) is 2.04. The molecule has 2 aromatic rings. The van der Waals surface area contributed by atoms with Crippen LogP contribution in [-0.4, -0.2) is 48.6 Å². The number of amides is 1. The average molecular weight is 348 g/mol. The lowest BCUT2D eigenvalue weighted by atomic mass is 10.2. The number of carboxylic acids is 2. The number of rotatable bonds is 7. The monoisotopic (exact) mass is 348 g/mol. The molecule has 2 rings (SSSR count). The molecule has 0 bridgehead atoms. The fraction of sp³-hybridized carbons (Fsp3) is 0.143. The predicted octanol–water partition coefficient (Wildman–Crippen LogP) is 0.107. The number of aliphatic carboxylic acids is 2. The van der Waals surface area contributed by atoms with Gasteiger partial charge in [0, 0.05) is 0 Å². The minimum Gasteiger partial charge on any atom is -0.479 e. The molecule has 0 fully saturated rings. The van der Waals surface area contributed by atoms with Gasteiger partial charge in [-0.25, -0.2) is 14.6 Å². The number of carboxylic acid groups (broad SMARTS) is 2. The maximum atomic E-state index is 12.2. The van der Waals surface area contributed by atoms with Crippen molar-refractivity contribution in [3.05, 3.63) is 58.0 Å². The first-order chi connectivity index (χ1) is 11.8. The SMILES string of the molecule is O=C(NC(C(=O)O)C(=O)O)c1ncc([N+](=O)[O-])n1Cc1ccccc1. The number of nitro groups is 1. The molecule has 1 amide bonds. The summed E-state index contributed by atoms with van der Waals surface area (Å²) in [6, 6.07) is 6.27. The lowest BCUT2D eigenvalue weighted by Crippen LogP contribution is -2.47. The van der Waals surface area contributed by atoms with Gasteiger partial charge >= 0.3 is 23.7 Å². The summed E-state index contributed by atoms with van der Waals surface area (Å²) < 4.78 is 0.964. The molecule has 11 heteroatoms. The van der Waals surface area contributed by atoms with Gasteiger partial charge in [-0.3, -0.25) is 4.79 Å². The number of nitrogens with one attached hydrogen (secondary N) is 1. The number of benzene rings is 1. The summed E-state index contributed by atoms with van der Waals surface area (Å²) in [7, 11) is 0. The van der Waals surface area contributed by atoms with E-state index in [1.165, 1.54) is 0 Å². The Balaban J connectivity index is 2.37. The molecule has 0 aliphatic rings. The summed E-state index contributed by atoms with van der Waals surface area (Å²) in [6.07, 6.45) is 0.842. The standard InChI is InChI=1S/C14H12N4O7/c19-12(16-10(13(20)21)14(22)23)11-15-6-9(18(24)25)17(11)7-8-4-2-1-3-5-8/h1-6,10H,7H2,(H,16,19)(H,20,21)(H,22,23). The molecule has 0 aliphatic carbocycles. The molecular weight excluding hydrogens is 336 g/mol. The summed E-state index contributed by atoms with van der Waals surface area (Å²) in [5.41, 5.74) is 0.630. The van der Waals surface area contributed by atoms with Gasteiger partial charge < -0.3 is 25.6 Å². The van der Waals surface area contributed by atoms with Gasteiger partial charge in [0.15, 0.2) is 0 Å². The molecule has 11 nitrogen and oxygen atoms in total. The zero-order valence-electron chi connectivity index (χ0n) is 12.5. The summed E-state index contributed by atoms with van der Waals surface area (Å²) >= 11 is 0. The zero-order valence-corrected chi connectivity index (χ0v) is 12.5. The number of imidazole rings is 1. The smallest absolute Gasteiger partial charge is 0.343 e. The van der Waals surface area contributed by atoms with E-state index in [-0.39, 0.29) is 6.54 Å². The number of nitrogens with zero attached hydrogens (tertiary/aromatic N) is 3. The van der Waals surface area contributed by atoms with E-state index in [2.05, 4.69) is 4.98 Å². The fourth-order valence-corrected chi connectivity index (χ4v) is 2.04. The molecule has 0 atom stereocenters. The maximum absolute atomic E-state index is 12.2.